The van der Waals surface area contributed by atoms with Gasteiger partial charge in [-0.25, -0.2) is 9.97 Å². The molecule has 5 aromatic rings. The zero-order valence-corrected chi connectivity index (χ0v) is 25.9. The van der Waals surface area contributed by atoms with Crippen LogP contribution in [0.2, 0.25) is 0 Å². The molecule has 7 heteroatoms. The Bertz CT molecular complexity index is 1750. The van der Waals surface area contributed by atoms with Crippen molar-refractivity contribution in [3.63, 3.8) is 0 Å². The molecule has 1 heterocycles. The number of fused-ring (bicyclic) bond motifs is 1. The van der Waals surface area contributed by atoms with Crippen molar-refractivity contribution in [3.8, 4) is 33.8 Å². The van der Waals surface area contributed by atoms with Crippen LogP contribution in [0.25, 0.3) is 44.7 Å². The standard InChI is InChI=1S/C32H33N2O2P3/c1-37(2)26-14-7-22(8-15-26)25-13-20-29-30(21-25)33-32(24-11-18-28(19-12-24)39(5,6)36)34-31(29)23-9-16-27(17-10-23)38(3,4)35/h7-21H,1-6H3. The molecule has 0 N–H and O–H groups in total. The van der Waals surface area contributed by atoms with Gasteiger partial charge in [0.25, 0.3) is 0 Å². The predicted molar refractivity (Wildman–Crippen MR) is 172 cm³/mol. The smallest absolute Gasteiger partial charge is 0.160 e. The maximum absolute atomic E-state index is 12.6. The van der Waals surface area contributed by atoms with E-state index in [1.54, 1.807) is 26.7 Å². The van der Waals surface area contributed by atoms with Gasteiger partial charge < -0.3 is 9.13 Å². The summed E-state index contributed by atoms with van der Waals surface area (Å²) in [6, 6.07) is 30.7. The molecule has 0 spiro atoms. The van der Waals surface area contributed by atoms with E-state index in [-0.39, 0.29) is 7.92 Å². The van der Waals surface area contributed by atoms with Crippen LogP contribution in [0.4, 0.5) is 0 Å². The highest BCUT2D eigenvalue weighted by atomic mass is 31.2. The fourth-order valence-electron chi connectivity index (χ4n) is 4.56. The van der Waals surface area contributed by atoms with E-state index in [0.717, 1.165) is 49.5 Å². The fourth-order valence-corrected chi connectivity index (χ4v) is 7.04. The lowest BCUT2D eigenvalue weighted by atomic mass is 10.0. The summed E-state index contributed by atoms with van der Waals surface area (Å²) < 4.78 is 25.2. The van der Waals surface area contributed by atoms with Crippen molar-refractivity contribution >= 4 is 49.0 Å². The van der Waals surface area contributed by atoms with Gasteiger partial charge in [0.05, 0.1) is 11.2 Å². The van der Waals surface area contributed by atoms with Gasteiger partial charge >= 0.3 is 0 Å². The van der Waals surface area contributed by atoms with Gasteiger partial charge in [0.1, 0.15) is 14.3 Å². The molecular weight excluding hydrogens is 537 g/mol. The Labute approximate surface area is 232 Å². The van der Waals surface area contributed by atoms with E-state index < -0.39 is 14.3 Å². The molecule has 0 unspecified atom stereocenters. The summed E-state index contributed by atoms with van der Waals surface area (Å²) in [5.41, 5.74) is 5.74. The molecule has 0 aliphatic heterocycles. The van der Waals surface area contributed by atoms with Crippen molar-refractivity contribution in [2.45, 2.75) is 0 Å². The van der Waals surface area contributed by atoms with E-state index in [2.05, 4.69) is 55.8 Å². The number of aromatic nitrogens is 2. The van der Waals surface area contributed by atoms with Crippen molar-refractivity contribution in [2.75, 3.05) is 40.0 Å². The summed E-state index contributed by atoms with van der Waals surface area (Å²) in [6.45, 7) is 11.6. The molecule has 0 amide bonds. The largest absolute Gasteiger partial charge is 0.319 e. The quantitative estimate of drug-likeness (QED) is 0.199. The molecule has 1 aromatic heterocycles. The maximum atomic E-state index is 12.6. The molecule has 0 fully saturated rings. The van der Waals surface area contributed by atoms with Gasteiger partial charge in [0, 0.05) is 27.1 Å². The Morgan fingerprint density at radius 2 is 1.05 bits per heavy atom. The van der Waals surface area contributed by atoms with Crippen LogP contribution in [-0.2, 0) is 9.13 Å². The first-order chi connectivity index (χ1) is 18.4. The molecule has 5 rings (SSSR count). The lowest BCUT2D eigenvalue weighted by Gasteiger charge is -2.13. The van der Waals surface area contributed by atoms with Gasteiger partial charge in [-0.05, 0) is 68.6 Å². The van der Waals surface area contributed by atoms with Crippen molar-refractivity contribution in [2.24, 2.45) is 0 Å². The molecule has 4 nitrogen and oxygen atoms in total. The molecule has 0 aliphatic carbocycles. The highest BCUT2D eigenvalue weighted by Crippen LogP contribution is 2.37. The van der Waals surface area contributed by atoms with Crippen LogP contribution >= 0.6 is 22.2 Å². The Balaban J connectivity index is 1.67. The molecule has 198 valence electrons. The third-order valence-corrected chi connectivity index (χ3v) is 11.3. The summed E-state index contributed by atoms with van der Waals surface area (Å²) in [5.74, 6) is 0.613. The van der Waals surface area contributed by atoms with Crippen LogP contribution in [0.15, 0.2) is 91.0 Å². The Hall–Kier alpha value is -2.89. The lowest BCUT2D eigenvalue weighted by molar-refractivity contribution is 0.587. The predicted octanol–water partition coefficient (Wildman–Crippen LogP) is 7.49. The maximum Gasteiger partial charge on any atom is 0.160 e. The minimum Gasteiger partial charge on any atom is -0.319 e. The molecule has 0 radical (unpaired) electrons. The zero-order chi connectivity index (χ0) is 27.9. The number of hydrogen-bond acceptors (Lipinski definition) is 4. The summed E-state index contributed by atoms with van der Waals surface area (Å²) in [4.78, 5) is 10.0. The van der Waals surface area contributed by atoms with E-state index in [1.165, 1.54) is 5.30 Å². The molecular formula is C32H33N2O2P3. The molecule has 0 saturated carbocycles. The van der Waals surface area contributed by atoms with E-state index in [0.29, 0.717) is 5.82 Å². The molecule has 39 heavy (non-hydrogen) atoms. The number of hydrogen-bond donors (Lipinski definition) is 0. The Morgan fingerprint density at radius 1 is 0.564 bits per heavy atom. The van der Waals surface area contributed by atoms with E-state index in [4.69, 9.17) is 9.97 Å². The molecule has 4 aromatic carbocycles. The van der Waals surface area contributed by atoms with Crippen molar-refractivity contribution in [1.82, 2.24) is 9.97 Å². The van der Waals surface area contributed by atoms with Crippen LogP contribution in [0, 0.1) is 0 Å². The summed E-state index contributed by atoms with van der Waals surface area (Å²) in [7, 11) is -4.86. The van der Waals surface area contributed by atoms with Gasteiger partial charge in [0.15, 0.2) is 5.82 Å². The Morgan fingerprint density at radius 3 is 1.56 bits per heavy atom. The van der Waals surface area contributed by atoms with Crippen LogP contribution in [0.3, 0.4) is 0 Å². The summed E-state index contributed by atoms with van der Waals surface area (Å²) >= 11 is 0. The highest BCUT2D eigenvalue weighted by molar-refractivity contribution is 7.70. The van der Waals surface area contributed by atoms with Gasteiger partial charge in [-0.3, -0.25) is 0 Å². The van der Waals surface area contributed by atoms with Crippen molar-refractivity contribution < 1.29 is 9.13 Å². The lowest BCUT2D eigenvalue weighted by Crippen LogP contribution is -2.03. The fraction of sp³-hybridized carbons (Fsp3) is 0.188. The van der Waals surface area contributed by atoms with Gasteiger partial charge in [-0.1, -0.05) is 86.8 Å². The van der Waals surface area contributed by atoms with Crippen LogP contribution < -0.4 is 15.9 Å². The minimum atomic E-state index is -2.36. The molecule has 0 bridgehead atoms. The molecule has 0 saturated heterocycles. The second-order valence-corrected chi connectivity index (χ2v) is 19.6. The monoisotopic (exact) mass is 570 g/mol. The summed E-state index contributed by atoms with van der Waals surface area (Å²) in [5, 5.41) is 4.01. The zero-order valence-electron chi connectivity index (χ0n) is 23.2. The highest BCUT2D eigenvalue weighted by Gasteiger charge is 2.16. The minimum absolute atomic E-state index is 0.141. The molecule has 0 atom stereocenters. The van der Waals surface area contributed by atoms with Gasteiger partial charge in [-0.2, -0.15) is 0 Å². The average Bonchev–Trinajstić information content (AvgIpc) is 2.91. The van der Waals surface area contributed by atoms with Crippen molar-refractivity contribution in [3.05, 3.63) is 91.0 Å². The van der Waals surface area contributed by atoms with Crippen LogP contribution in [-0.4, -0.2) is 50.0 Å². The number of nitrogens with zero attached hydrogens (tertiary/aromatic N) is 2. The van der Waals surface area contributed by atoms with E-state index in [9.17, 15) is 9.13 Å². The van der Waals surface area contributed by atoms with E-state index in [1.807, 2.05) is 48.5 Å². The topological polar surface area (TPSA) is 59.9 Å². The van der Waals surface area contributed by atoms with Gasteiger partial charge in [0.2, 0.25) is 0 Å². The third kappa shape index (κ3) is 6.00. The van der Waals surface area contributed by atoms with Gasteiger partial charge in [-0.15, -0.1) is 0 Å². The first-order valence-corrected chi connectivity index (χ1v) is 20.3. The SMILES string of the molecule is CP(C)c1ccc(-c2ccc3c(-c4ccc(P(C)(C)=O)cc4)nc(-c4ccc(P(C)(C)=O)cc4)nc3c2)cc1. The van der Waals surface area contributed by atoms with E-state index >= 15 is 0 Å². The molecule has 0 aliphatic rings. The first kappa shape index (κ1) is 27.7. The number of rotatable bonds is 6. The second kappa shape index (κ2) is 10.6. The van der Waals surface area contributed by atoms with Crippen LogP contribution in [0.5, 0.6) is 0 Å². The average molecular weight is 571 g/mol. The van der Waals surface area contributed by atoms with Crippen molar-refractivity contribution in [1.29, 1.82) is 0 Å². The Kier molecular flexibility index (Phi) is 7.51. The van der Waals surface area contributed by atoms with Crippen LogP contribution in [0.1, 0.15) is 0 Å². The summed E-state index contributed by atoms with van der Waals surface area (Å²) in [6.07, 6.45) is 0. The normalized spacial score (nSPS) is 12.3. The number of benzene rings is 4. The second-order valence-electron chi connectivity index (χ2n) is 10.9. The first-order valence-electron chi connectivity index (χ1n) is 12.8. The third-order valence-electron chi connectivity index (χ3n) is 6.92.